The minimum absolute atomic E-state index is 0.0356. The Bertz CT molecular complexity index is 454. The first-order valence-corrected chi connectivity index (χ1v) is 7.19. The second kappa shape index (κ2) is 6.12. The lowest BCUT2D eigenvalue weighted by Crippen LogP contribution is -2.55. The molecule has 1 aromatic rings. The lowest BCUT2D eigenvalue weighted by Gasteiger charge is -2.45. The van der Waals surface area contributed by atoms with E-state index in [1.54, 1.807) is 7.11 Å². The number of rotatable bonds is 4. The van der Waals surface area contributed by atoms with Crippen LogP contribution in [0.2, 0.25) is 0 Å². The summed E-state index contributed by atoms with van der Waals surface area (Å²) in [6, 6.07) is 6.08. The molecule has 0 bridgehead atoms. The van der Waals surface area contributed by atoms with Crippen molar-refractivity contribution in [3.8, 4) is 5.75 Å². The van der Waals surface area contributed by atoms with Crippen LogP contribution < -0.4 is 10.5 Å². The third-order valence-electron chi connectivity index (χ3n) is 4.40. The maximum Gasteiger partial charge on any atom is 0.119 e. The molecular weight excluding hydrogens is 252 g/mol. The van der Waals surface area contributed by atoms with E-state index in [9.17, 15) is 0 Å². The van der Waals surface area contributed by atoms with Crippen molar-refractivity contribution in [1.29, 1.82) is 0 Å². The molecule has 1 atom stereocenters. The number of hydrogen-bond donors (Lipinski definition) is 1. The van der Waals surface area contributed by atoms with E-state index in [0.29, 0.717) is 0 Å². The fraction of sp³-hybridized carbons (Fsp3) is 0.625. The predicted octanol–water partition coefficient (Wildman–Crippen LogP) is 2.11. The Hall–Kier alpha value is -1.10. The number of nitrogens with two attached hydrogens (primary N) is 1. The number of morpholine rings is 1. The van der Waals surface area contributed by atoms with E-state index in [1.165, 1.54) is 11.1 Å². The van der Waals surface area contributed by atoms with Crippen LogP contribution in [0.1, 0.15) is 31.0 Å². The van der Waals surface area contributed by atoms with Gasteiger partial charge in [0.25, 0.3) is 0 Å². The van der Waals surface area contributed by atoms with Gasteiger partial charge in [-0.25, -0.2) is 0 Å². The lowest BCUT2D eigenvalue weighted by molar-refractivity contribution is -0.0191. The number of aryl methyl sites for hydroxylation is 1. The van der Waals surface area contributed by atoms with Crippen LogP contribution in [0.5, 0.6) is 5.75 Å². The van der Waals surface area contributed by atoms with Crippen LogP contribution in [-0.4, -0.2) is 43.9 Å². The van der Waals surface area contributed by atoms with Gasteiger partial charge < -0.3 is 15.2 Å². The van der Waals surface area contributed by atoms with Crippen molar-refractivity contribution in [1.82, 2.24) is 4.90 Å². The van der Waals surface area contributed by atoms with Crippen molar-refractivity contribution in [2.75, 3.05) is 33.4 Å². The van der Waals surface area contributed by atoms with Crippen LogP contribution in [0.15, 0.2) is 18.2 Å². The monoisotopic (exact) mass is 278 g/mol. The van der Waals surface area contributed by atoms with Crippen molar-refractivity contribution < 1.29 is 9.47 Å². The fourth-order valence-corrected chi connectivity index (χ4v) is 2.84. The van der Waals surface area contributed by atoms with Crippen LogP contribution in [-0.2, 0) is 4.74 Å². The SMILES string of the molecule is COc1ccc(C(N)C(C)(C)N2CCOCC2)c(C)c1. The standard InChI is InChI=1S/C16H26N2O2/c1-12-11-13(19-4)5-6-14(12)15(17)16(2,3)18-7-9-20-10-8-18/h5-6,11,15H,7-10,17H2,1-4H3. The van der Waals surface area contributed by atoms with Crippen LogP contribution >= 0.6 is 0 Å². The number of benzene rings is 1. The first kappa shape index (κ1) is 15.3. The van der Waals surface area contributed by atoms with Gasteiger partial charge in [-0.1, -0.05) is 6.07 Å². The summed E-state index contributed by atoms with van der Waals surface area (Å²) in [4.78, 5) is 2.42. The molecule has 20 heavy (non-hydrogen) atoms. The smallest absolute Gasteiger partial charge is 0.119 e. The molecule has 0 aliphatic carbocycles. The van der Waals surface area contributed by atoms with Gasteiger partial charge >= 0.3 is 0 Å². The average molecular weight is 278 g/mol. The zero-order chi connectivity index (χ0) is 14.8. The molecule has 2 N–H and O–H groups in total. The van der Waals surface area contributed by atoms with Crippen LogP contribution in [0.25, 0.3) is 0 Å². The summed E-state index contributed by atoms with van der Waals surface area (Å²) in [7, 11) is 1.69. The van der Waals surface area contributed by atoms with Crippen molar-refractivity contribution in [2.45, 2.75) is 32.4 Å². The first-order valence-electron chi connectivity index (χ1n) is 7.19. The van der Waals surface area contributed by atoms with E-state index >= 15 is 0 Å². The summed E-state index contributed by atoms with van der Waals surface area (Å²) >= 11 is 0. The zero-order valence-corrected chi connectivity index (χ0v) is 13.0. The molecular formula is C16H26N2O2. The number of ether oxygens (including phenoxy) is 2. The highest BCUT2D eigenvalue weighted by atomic mass is 16.5. The number of nitrogens with zero attached hydrogens (tertiary/aromatic N) is 1. The molecule has 0 radical (unpaired) electrons. The van der Waals surface area contributed by atoms with Crippen LogP contribution in [0.4, 0.5) is 0 Å². The summed E-state index contributed by atoms with van der Waals surface area (Å²) < 4.78 is 10.7. The second-order valence-corrected chi connectivity index (χ2v) is 5.95. The second-order valence-electron chi connectivity index (χ2n) is 5.95. The minimum atomic E-state index is -0.0941. The van der Waals surface area contributed by atoms with E-state index in [2.05, 4.69) is 31.7 Å². The fourth-order valence-electron chi connectivity index (χ4n) is 2.84. The molecule has 1 unspecified atom stereocenters. The zero-order valence-electron chi connectivity index (χ0n) is 13.0. The van der Waals surface area contributed by atoms with Crippen molar-refractivity contribution >= 4 is 0 Å². The largest absolute Gasteiger partial charge is 0.497 e. The molecule has 4 heteroatoms. The molecule has 0 amide bonds. The Kier molecular flexibility index (Phi) is 4.68. The van der Waals surface area contributed by atoms with Gasteiger partial charge in [-0.3, -0.25) is 4.90 Å². The Morgan fingerprint density at radius 2 is 1.95 bits per heavy atom. The van der Waals surface area contributed by atoms with Crippen molar-refractivity contribution in [3.63, 3.8) is 0 Å². The highest BCUT2D eigenvalue weighted by Crippen LogP contribution is 2.32. The van der Waals surface area contributed by atoms with E-state index in [1.807, 2.05) is 12.1 Å². The van der Waals surface area contributed by atoms with Gasteiger partial charge in [0, 0.05) is 24.7 Å². The Morgan fingerprint density at radius 1 is 1.30 bits per heavy atom. The summed E-state index contributed by atoms with van der Waals surface area (Å²) in [5.41, 5.74) is 8.84. The number of hydrogen-bond acceptors (Lipinski definition) is 4. The molecule has 1 aliphatic rings. The van der Waals surface area contributed by atoms with Crippen molar-refractivity contribution in [2.24, 2.45) is 5.73 Å². The normalized spacial score (nSPS) is 18.9. The molecule has 0 aromatic heterocycles. The van der Waals surface area contributed by atoms with Gasteiger partial charge in [0.15, 0.2) is 0 Å². The van der Waals surface area contributed by atoms with Crippen LogP contribution in [0.3, 0.4) is 0 Å². The van der Waals surface area contributed by atoms with E-state index in [-0.39, 0.29) is 11.6 Å². The van der Waals surface area contributed by atoms with E-state index in [4.69, 9.17) is 15.2 Å². The predicted molar refractivity (Wildman–Crippen MR) is 81.1 cm³/mol. The van der Waals surface area contributed by atoms with Crippen molar-refractivity contribution in [3.05, 3.63) is 29.3 Å². The third kappa shape index (κ3) is 2.97. The Balaban J connectivity index is 2.22. The Labute approximate surface area is 121 Å². The molecule has 1 aliphatic heterocycles. The third-order valence-corrected chi connectivity index (χ3v) is 4.40. The average Bonchev–Trinajstić information content (AvgIpc) is 2.47. The highest BCUT2D eigenvalue weighted by Gasteiger charge is 2.35. The molecule has 4 nitrogen and oxygen atoms in total. The maximum absolute atomic E-state index is 6.57. The van der Waals surface area contributed by atoms with Gasteiger partial charge in [0.05, 0.1) is 20.3 Å². The van der Waals surface area contributed by atoms with Crippen LogP contribution in [0, 0.1) is 6.92 Å². The van der Waals surface area contributed by atoms with Gasteiger partial charge in [-0.05, 0) is 44.0 Å². The molecule has 0 saturated carbocycles. The summed E-state index contributed by atoms with van der Waals surface area (Å²) in [6.07, 6.45) is 0. The van der Waals surface area contributed by atoms with E-state index < -0.39 is 0 Å². The topological polar surface area (TPSA) is 47.7 Å². The molecule has 1 fully saturated rings. The van der Waals surface area contributed by atoms with Gasteiger partial charge in [0.2, 0.25) is 0 Å². The molecule has 1 heterocycles. The Morgan fingerprint density at radius 3 is 2.50 bits per heavy atom. The summed E-state index contributed by atoms with van der Waals surface area (Å²) in [5.74, 6) is 0.877. The van der Waals surface area contributed by atoms with E-state index in [0.717, 1.165) is 32.1 Å². The first-order chi connectivity index (χ1) is 9.46. The lowest BCUT2D eigenvalue weighted by atomic mass is 9.85. The molecule has 1 aromatic carbocycles. The minimum Gasteiger partial charge on any atom is -0.497 e. The summed E-state index contributed by atoms with van der Waals surface area (Å²) in [6.45, 7) is 9.98. The van der Waals surface area contributed by atoms with Gasteiger partial charge in [-0.2, -0.15) is 0 Å². The molecule has 2 rings (SSSR count). The highest BCUT2D eigenvalue weighted by molar-refractivity contribution is 5.37. The van der Waals surface area contributed by atoms with Gasteiger partial charge in [0.1, 0.15) is 5.75 Å². The summed E-state index contributed by atoms with van der Waals surface area (Å²) in [5, 5.41) is 0. The molecule has 0 spiro atoms. The quantitative estimate of drug-likeness (QED) is 0.916. The molecule has 112 valence electrons. The van der Waals surface area contributed by atoms with Gasteiger partial charge in [-0.15, -0.1) is 0 Å². The molecule has 1 saturated heterocycles. The maximum atomic E-state index is 6.57. The number of methoxy groups -OCH3 is 1.